The van der Waals surface area contributed by atoms with Crippen molar-refractivity contribution in [1.29, 1.82) is 0 Å². The second kappa shape index (κ2) is 24.9. The van der Waals surface area contributed by atoms with E-state index in [1.165, 1.54) is 21.1 Å². The first-order valence-electron chi connectivity index (χ1n) is 20.9. The summed E-state index contributed by atoms with van der Waals surface area (Å²) in [5.41, 5.74) is 0.246. The topological polar surface area (TPSA) is 202 Å². The number of benzene rings is 1. The van der Waals surface area contributed by atoms with E-state index in [2.05, 4.69) is 31.9 Å². The Labute approximate surface area is 353 Å². The molecule has 0 spiro atoms. The molecular weight excluding hydrogens is 757 g/mol. The van der Waals surface area contributed by atoms with Crippen LogP contribution in [0.4, 0.5) is 0 Å². The van der Waals surface area contributed by atoms with E-state index >= 15 is 0 Å². The van der Waals surface area contributed by atoms with Crippen molar-refractivity contribution >= 4 is 35.4 Å². The van der Waals surface area contributed by atoms with Gasteiger partial charge in [-0.2, -0.15) is 0 Å². The summed E-state index contributed by atoms with van der Waals surface area (Å²) in [6.07, 6.45) is 2.04. The lowest BCUT2D eigenvalue weighted by atomic mass is 9.85. The third kappa shape index (κ3) is 19.2. The minimum atomic E-state index is -1.18. The van der Waals surface area contributed by atoms with Crippen LogP contribution in [0.2, 0.25) is 0 Å². The first-order chi connectivity index (χ1) is 27.3. The predicted molar refractivity (Wildman–Crippen MR) is 229 cm³/mol. The molecule has 336 valence electrons. The summed E-state index contributed by atoms with van der Waals surface area (Å²) in [5.74, 6) is -3.69. The van der Waals surface area contributed by atoms with E-state index in [-0.39, 0.29) is 18.9 Å². The van der Waals surface area contributed by atoms with Crippen molar-refractivity contribution in [2.45, 2.75) is 170 Å². The van der Waals surface area contributed by atoms with Crippen LogP contribution in [-0.4, -0.2) is 104 Å². The van der Waals surface area contributed by atoms with Gasteiger partial charge in [0.2, 0.25) is 35.4 Å². The number of ether oxygens (including phenoxy) is 3. The van der Waals surface area contributed by atoms with Crippen LogP contribution in [0.25, 0.3) is 0 Å². The van der Waals surface area contributed by atoms with E-state index in [9.17, 15) is 28.8 Å². The summed E-state index contributed by atoms with van der Waals surface area (Å²) in [6, 6.07) is 1.56. The lowest BCUT2D eigenvalue weighted by molar-refractivity contribution is -0.142. The number of hydrogen-bond donors (Lipinski definition) is 6. The lowest BCUT2D eigenvalue weighted by Gasteiger charge is -2.34. The summed E-state index contributed by atoms with van der Waals surface area (Å²) >= 11 is 0. The van der Waals surface area contributed by atoms with Gasteiger partial charge in [0, 0.05) is 27.6 Å². The third-order valence-corrected chi connectivity index (χ3v) is 9.69. The van der Waals surface area contributed by atoms with Crippen LogP contribution in [0.5, 0.6) is 0 Å². The van der Waals surface area contributed by atoms with Gasteiger partial charge >= 0.3 is 0 Å². The van der Waals surface area contributed by atoms with Gasteiger partial charge in [-0.05, 0) is 68.9 Å². The molecule has 0 aliphatic heterocycles. The van der Waals surface area contributed by atoms with Crippen molar-refractivity contribution in [1.82, 2.24) is 31.9 Å². The van der Waals surface area contributed by atoms with Crippen molar-refractivity contribution in [3.8, 4) is 0 Å². The Hall–Kier alpha value is -4.08. The maximum Gasteiger partial charge on any atom is 0.245 e. The van der Waals surface area contributed by atoms with Crippen LogP contribution in [0, 0.1) is 24.2 Å². The molecule has 0 unspecified atom stereocenters. The maximum atomic E-state index is 14.4. The van der Waals surface area contributed by atoms with Gasteiger partial charge in [-0.15, -0.1) is 0 Å². The number of nitrogens with one attached hydrogen (secondary N) is 6. The zero-order valence-electron chi connectivity index (χ0n) is 38.4. The SMILES string of the molecule is CCCC[C@H](NC(=O)[C@H](CC(C)C)NC(=O)[C@@H](NC(=O)[C@H](Cc1ccccc1C)NC(=O)[C@H](NC(=O)[C@H](COC(C)(C)C)NC(C)=O)C(C)C)C(C)(C)C)C(OC)OC. The molecule has 59 heavy (non-hydrogen) atoms. The molecule has 0 radical (unpaired) electrons. The molecule has 15 nitrogen and oxygen atoms in total. The average Bonchev–Trinajstić information content (AvgIpc) is 3.12. The highest BCUT2D eigenvalue weighted by molar-refractivity contribution is 5.96. The number of carbonyl (C=O) groups excluding carboxylic acids is 6. The summed E-state index contributed by atoms with van der Waals surface area (Å²) in [6.45, 7) is 23.3. The van der Waals surface area contributed by atoms with Crippen LogP contribution in [0.1, 0.15) is 120 Å². The molecule has 15 heteroatoms. The van der Waals surface area contributed by atoms with Gasteiger partial charge in [-0.3, -0.25) is 28.8 Å². The van der Waals surface area contributed by atoms with Crippen molar-refractivity contribution in [2.75, 3.05) is 20.8 Å². The van der Waals surface area contributed by atoms with Gasteiger partial charge in [0.1, 0.15) is 30.2 Å². The maximum absolute atomic E-state index is 14.4. The highest BCUT2D eigenvalue weighted by Gasteiger charge is 2.39. The van der Waals surface area contributed by atoms with Crippen LogP contribution in [0.3, 0.4) is 0 Å². The molecule has 0 aliphatic rings. The van der Waals surface area contributed by atoms with Crippen LogP contribution >= 0.6 is 0 Å². The number of methoxy groups -OCH3 is 2. The van der Waals surface area contributed by atoms with Crippen LogP contribution < -0.4 is 31.9 Å². The second-order valence-corrected chi connectivity index (χ2v) is 18.2. The molecule has 0 aromatic heterocycles. The molecule has 6 amide bonds. The minimum absolute atomic E-state index is 0.0334. The van der Waals surface area contributed by atoms with E-state index < -0.39 is 94.9 Å². The molecule has 1 aromatic rings. The fourth-order valence-corrected chi connectivity index (χ4v) is 6.36. The molecule has 0 saturated heterocycles. The average molecular weight is 833 g/mol. The molecule has 0 bridgehead atoms. The molecule has 0 saturated carbocycles. The first kappa shape index (κ1) is 52.9. The highest BCUT2D eigenvalue weighted by Crippen LogP contribution is 2.22. The summed E-state index contributed by atoms with van der Waals surface area (Å²) < 4.78 is 16.7. The Morgan fingerprint density at radius 2 is 1.25 bits per heavy atom. The van der Waals surface area contributed by atoms with E-state index in [4.69, 9.17) is 14.2 Å². The predicted octanol–water partition coefficient (Wildman–Crippen LogP) is 3.84. The van der Waals surface area contributed by atoms with E-state index in [1.807, 2.05) is 72.7 Å². The summed E-state index contributed by atoms with van der Waals surface area (Å²) in [7, 11) is 3.01. The standard InChI is InChI=1S/C44H76N6O9/c1-16-17-22-31(42(57-14)58-15)46-37(52)32(23-26(2)3)48-41(56)36(43(8,9)10)50-38(53)33(24-30-21-19-18-20-28(30)6)47-40(55)35(27(4)5)49-39(54)34(45-29(7)51)25-59-44(11,12)13/h18-21,26-27,31-36,42H,16-17,22-25H2,1-15H3,(H,45,51)(H,46,52)(H,47,55)(H,48,56)(H,49,54)(H,50,53)/t31-,32-,33-,34-,35+,36+/m0/s1. The molecular formula is C44H76N6O9. The molecule has 0 aliphatic carbocycles. The van der Waals surface area contributed by atoms with Gasteiger partial charge in [-0.1, -0.05) is 92.5 Å². The Morgan fingerprint density at radius 3 is 1.75 bits per heavy atom. The van der Waals surface area contributed by atoms with Gasteiger partial charge < -0.3 is 46.1 Å². The van der Waals surface area contributed by atoms with Crippen molar-refractivity contribution < 1.29 is 43.0 Å². The number of carbonyl (C=O) groups is 6. The summed E-state index contributed by atoms with van der Waals surface area (Å²) in [5, 5.41) is 17.0. The largest absolute Gasteiger partial charge is 0.373 e. The number of amides is 6. The van der Waals surface area contributed by atoms with Crippen LogP contribution in [-0.2, 0) is 49.4 Å². The van der Waals surface area contributed by atoms with Gasteiger partial charge in [0.05, 0.1) is 18.2 Å². The van der Waals surface area contributed by atoms with Crippen molar-refractivity contribution in [3.63, 3.8) is 0 Å². The van der Waals surface area contributed by atoms with E-state index in [0.29, 0.717) is 12.8 Å². The number of hydrogen-bond acceptors (Lipinski definition) is 9. The molecule has 6 N–H and O–H groups in total. The monoisotopic (exact) mass is 833 g/mol. The highest BCUT2D eigenvalue weighted by atomic mass is 16.7. The zero-order valence-corrected chi connectivity index (χ0v) is 38.4. The summed E-state index contributed by atoms with van der Waals surface area (Å²) in [4.78, 5) is 82.1. The Morgan fingerprint density at radius 1 is 0.695 bits per heavy atom. The number of aryl methyl sites for hydroxylation is 1. The molecule has 1 rings (SSSR count). The fourth-order valence-electron chi connectivity index (χ4n) is 6.36. The zero-order chi connectivity index (χ0) is 45.2. The smallest absolute Gasteiger partial charge is 0.245 e. The van der Waals surface area contributed by atoms with Crippen molar-refractivity contribution in [2.24, 2.45) is 17.3 Å². The first-order valence-corrected chi connectivity index (χ1v) is 20.9. The fraction of sp³-hybridized carbons (Fsp3) is 0.727. The molecule has 0 heterocycles. The van der Waals surface area contributed by atoms with Gasteiger partial charge in [0.25, 0.3) is 0 Å². The van der Waals surface area contributed by atoms with E-state index in [1.54, 1.807) is 34.6 Å². The normalized spacial score (nSPS) is 15.1. The number of unbranched alkanes of at least 4 members (excludes halogenated alkanes) is 1. The van der Waals surface area contributed by atoms with Crippen molar-refractivity contribution in [3.05, 3.63) is 35.4 Å². The molecule has 1 aromatic carbocycles. The van der Waals surface area contributed by atoms with Gasteiger partial charge in [0.15, 0.2) is 6.29 Å². The quantitative estimate of drug-likeness (QED) is 0.0838. The Bertz CT molecular complexity index is 1520. The lowest BCUT2D eigenvalue weighted by Crippen LogP contribution is -2.63. The Balaban J connectivity index is 3.51. The third-order valence-electron chi connectivity index (χ3n) is 9.69. The minimum Gasteiger partial charge on any atom is -0.373 e. The van der Waals surface area contributed by atoms with Gasteiger partial charge in [-0.25, -0.2) is 0 Å². The van der Waals surface area contributed by atoms with Crippen LogP contribution in [0.15, 0.2) is 24.3 Å². The molecule has 6 atom stereocenters. The number of rotatable bonds is 24. The second-order valence-electron chi connectivity index (χ2n) is 18.2. The molecule has 0 fully saturated rings. The van der Waals surface area contributed by atoms with E-state index in [0.717, 1.165) is 24.0 Å². The Kier molecular flexibility index (Phi) is 22.3.